The number of non-ortho nitro benzene ring substituents is 1. The number of rotatable bonds is 5. The fraction of sp³-hybridized carbons (Fsp3) is 0.0526. The molecule has 0 atom stereocenters. The average molecular weight is 349 g/mol. The van der Waals surface area contributed by atoms with E-state index < -0.39 is 4.92 Å². The van der Waals surface area contributed by atoms with E-state index in [0.29, 0.717) is 5.69 Å². The summed E-state index contributed by atoms with van der Waals surface area (Å²) in [6.07, 6.45) is 3.58. The summed E-state index contributed by atoms with van der Waals surface area (Å²) in [6, 6.07) is 18.1. The van der Waals surface area contributed by atoms with Crippen molar-refractivity contribution >= 4 is 40.8 Å². The van der Waals surface area contributed by atoms with Gasteiger partial charge in [-0.3, -0.25) is 20.1 Å². The molecule has 3 aromatic rings. The van der Waals surface area contributed by atoms with Crippen LogP contribution in [0.25, 0.3) is 0 Å². The number of hydrogen-bond donors (Lipinski definition) is 0. The van der Waals surface area contributed by atoms with E-state index in [-0.39, 0.29) is 5.69 Å². The highest BCUT2D eigenvalue weighted by Crippen LogP contribution is 2.20. The predicted molar refractivity (Wildman–Crippen MR) is 103 cm³/mol. The smallest absolute Gasteiger partial charge is 0.258 e. The topological polar surface area (TPSA) is 67.9 Å². The first-order chi connectivity index (χ1) is 12.1. The Morgan fingerprint density at radius 2 is 1.32 bits per heavy atom. The number of nitro benzene ring substituents is 1. The van der Waals surface area contributed by atoms with Crippen molar-refractivity contribution in [2.75, 3.05) is 0 Å². The molecule has 0 radical (unpaired) electrons. The lowest BCUT2D eigenvalue weighted by Gasteiger charge is -1.93. The van der Waals surface area contributed by atoms with Gasteiger partial charge in [0.1, 0.15) is 0 Å². The lowest BCUT2D eigenvalue weighted by molar-refractivity contribution is -0.384. The molecule has 124 valence electrons. The quantitative estimate of drug-likeness (QED) is 0.348. The van der Waals surface area contributed by atoms with E-state index in [1.807, 2.05) is 49.5 Å². The normalized spacial score (nSPS) is 11.4. The van der Waals surface area contributed by atoms with Gasteiger partial charge in [-0.15, -0.1) is 11.3 Å². The molecule has 2 aromatic carbocycles. The van der Waals surface area contributed by atoms with E-state index in [2.05, 4.69) is 9.98 Å². The van der Waals surface area contributed by atoms with Gasteiger partial charge in [0.15, 0.2) is 0 Å². The van der Waals surface area contributed by atoms with Gasteiger partial charge in [0.25, 0.3) is 5.69 Å². The fourth-order valence-corrected chi connectivity index (χ4v) is 2.83. The largest absolute Gasteiger partial charge is 0.269 e. The Kier molecular flexibility index (Phi) is 5.11. The summed E-state index contributed by atoms with van der Waals surface area (Å²) < 4.78 is 0. The molecule has 25 heavy (non-hydrogen) atoms. The maximum absolute atomic E-state index is 10.6. The average Bonchev–Trinajstić information content (AvgIpc) is 3.08. The molecular formula is C19H15N3O2S. The molecule has 0 saturated carbocycles. The molecule has 0 bridgehead atoms. The number of hydrogen-bond acceptors (Lipinski definition) is 5. The van der Waals surface area contributed by atoms with Crippen molar-refractivity contribution in [1.29, 1.82) is 0 Å². The second-order valence-electron chi connectivity index (χ2n) is 5.37. The minimum absolute atomic E-state index is 0.0599. The van der Waals surface area contributed by atoms with Crippen LogP contribution in [0, 0.1) is 17.0 Å². The SMILES string of the molecule is Cc1ccc(N=Cc2ccc(C=Nc3ccc([N+](=O)[O-])cc3)s2)cc1. The molecule has 1 aromatic heterocycles. The zero-order valence-electron chi connectivity index (χ0n) is 13.5. The Balaban J connectivity index is 1.66. The lowest BCUT2D eigenvalue weighted by Crippen LogP contribution is -1.85. The Bertz CT molecular complexity index is 926. The molecule has 0 aliphatic carbocycles. The van der Waals surface area contributed by atoms with E-state index in [9.17, 15) is 10.1 Å². The molecule has 0 spiro atoms. The molecule has 6 heteroatoms. The van der Waals surface area contributed by atoms with Gasteiger partial charge in [0.05, 0.1) is 16.3 Å². The summed E-state index contributed by atoms with van der Waals surface area (Å²) in [5.74, 6) is 0. The van der Waals surface area contributed by atoms with Crippen LogP contribution in [0.4, 0.5) is 17.1 Å². The first-order valence-corrected chi connectivity index (χ1v) is 8.41. The van der Waals surface area contributed by atoms with Crippen molar-refractivity contribution in [3.63, 3.8) is 0 Å². The third-order valence-corrected chi connectivity index (χ3v) is 4.38. The highest BCUT2D eigenvalue weighted by atomic mass is 32.1. The molecular weight excluding hydrogens is 334 g/mol. The van der Waals surface area contributed by atoms with Gasteiger partial charge in [0.2, 0.25) is 0 Å². The van der Waals surface area contributed by atoms with Crippen LogP contribution in [0.2, 0.25) is 0 Å². The fourth-order valence-electron chi connectivity index (χ4n) is 2.07. The maximum atomic E-state index is 10.6. The van der Waals surface area contributed by atoms with Crippen LogP contribution >= 0.6 is 11.3 Å². The molecule has 0 fully saturated rings. The summed E-state index contributed by atoms with van der Waals surface area (Å²) in [5.41, 5.74) is 2.86. The zero-order chi connectivity index (χ0) is 17.6. The molecule has 0 aliphatic rings. The minimum atomic E-state index is -0.424. The molecule has 0 unspecified atom stereocenters. The van der Waals surface area contributed by atoms with Crippen LogP contribution in [-0.2, 0) is 0 Å². The predicted octanol–water partition coefficient (Wildman–Crippen LogP) is 5.47. The zero-order valence-corrected chi connectivity index (χ0v) is 14.3. The highest BCUT2D eigenvalue weighted by Gasteiger charge is 2.03. The van der Waals surface area contributed by atoms with Crippen LogP contribution in [0.15, 0.2) is 70.6 Å². The summed E-state index contributed by atoms with van der Waals surface area (Å²) in [4.78, 5) is 21.0. The third kappa shape index (κ3) is 4.68. The van der Waals surface area contributed by atoms with Gasteiger partial charge in [-0.2, -0.15) is 0 Å². The second-order valence-corrected chi connectivity index (χ2v) is 6.51. The van der Waals surface area contributed by atoms with Crippen molar-refractivity contribution in [2.24, 2.45) is 9.98 Å². The van der Waals surface area contributed by atoms with Crippen LogP contribution in [0.3, 0.4) is 0 Å². The molecule has 5 nitrogen and oxygen atoms in total. The summed E-state index contributed by atoms with van der Waals surface area (Å²) in [6.45, 7) is 2.04. The second kappa shape index (κ2) is 7.63. The van der Waals surface area contributed by atoms with Gasteiger partial charge in [-0.25, -0.2) is 0 Å². The first-order valence-electron chi connectivity index (χ1n) is 7.59. The van der Waals surface area contributed by atoms with Gasteiger partial charge in [0, 0.05) is 34.3 Å². The Morgan fingerprint density at radius 1 is 0.840 bits per heavy atom. The van der Waals surface area contributed by atoms with Crippen molar-refractivity contribution < 1.29 is 4.92 Å². The molecule has 1 heterocycles. The summed E-state index contributed by atoms with van der Waals surface area (Å²) in [7, 11) is 0. The lowest BCUT2D eigenvalue weighted by atomic mass is 10.2. The Hall–Kier alpha value is -3.12. The van der Waals surface area contributed by atoms with Crippen LogP contribution in [0.5, 0.6) is 0 Å². The molecule has 0 amide bonds. The minimum Gasteiger partial charge on any atom is -0.258 e. The van der Waals surface area contributed by atoms with Gasteiger partial charge in [-0.1, -0.05) is 17.7 Å². The maximum Gasteiger partial charge on any atom is 0.269 e. The Morgan fingerprint density at radius 3 is 1.80 bits per heavy atom. The van der Waals surface area contributed by atoms with E-state index in [4.69, 9.17) is 0 Å². The number of aryl methyl sites for hydroxylation is 1. The van der Waals surface area contributed by atoms with Gasteiger partial charge < -0.3 is 0 Å². The highest BCUT2D eigenvalue weighted by molar-refractivity contribution is 7.15. The summed E-state index contributed by atoms with van der Waals surface area (Å²) >= 11 is 1.58. The molecule has 3 rings (SSSR count). The van der Waals surface area contributed by atoms with Gasteiger partial charge >= 0.3 is 0 Å². The molecule has 0 saturated heterocycles. The van der Waals surface area contributed by atoms with Crippen LogP contribution in [0.1, 0.15) is 15.3 Å². The standard InChI is InChI=1S/C19H15N3O2S/c1-14-2-4-15(5-3-14)20-12-18-10-11-19(25-18)13-21-16-6-8-17(9-7-16)22(23)24/h2-13H,1H3. The number of benzene rings is 2. The van der Waals surface area contributed by atoms with Crippen LogP contribution in [-0.4, -0.2) is 17.4 Å². The first kappa shape index (κ1) is 16.7. The number of nitrogens with zero attached hydrogens (tertiary/aromatic N) is 3. The summed E-state index contributed by atoms with van der Waals surface area (Å²) in [5, 5.41) is 10.6. The number of aliphatic imine (C=N–C) groups is 2. The number of nitro groups is 1. The van der Waals surface area contributed by atoms with Crippen molar-refractivity contribution in [1.82, 2.24) is 0 Å². The van der Waals surface area contributed by atoms with Crippen molar-refractivity contribution in [3.05, 3.63) is 86.1 Å². The van der Waals surface area contributed by atoms with E-state index in [0.717, 1.165) is 15.4 Å². The van der Waals surface area contributed by atoms with Crippen molar-refractivity contribution in [2.45, 2.75) is 6.92 Å². The van der Waals surface area contributed by atoms with E-state index in [1.54, 1.807) is 29.7 Å². The number of thiophene rings is 1. The third-order valence-electron chi connectivity index (χ3n) is 3.42. The van der Waals surface area contributed by atoms with Crippen LogP contribution < -0.4 is 0 Å². The van der Waals surface area contributed by atoms with E-state index in [1.165, 1.54) is 17.7 Å². The van der Waals surface area contributed by atoms with E-state index >= 15 is 0 Å². The van der Waals surface area contributed by atoms with Crippen molar-refractivity contribution in [3.8, 4) is 0 Å². The molecule has 0 aliphatic heterocycles. The molecule has 0 N–H and O–H groups in total. The monoisotopic (exact) mass is 349 g/mol. The Labute approximate surface area is 149 Å². The van der Waals surface area contributed by atoms with Gasteiger partial charge in [-0.05, 0) is 43.3 Å².